The van der Waals surface area contributed by atoms with Gasteiger partial charge >= 0.3 is 0 Å². The van der Waals surface area contributed by atoms with E-state index in [1.165, 1.54) is 75.3 Å². The van der Waals surface area contributed by atoms with E-state index in [2.05, 4.69) is 34.9 Å². The first-order chi connectivity index (χ1) is 10.9. The van der Waals surface area contributed by atoms with Crippen LogP contribution in [0.3, 0.4) is 0 Å². The van der Waals surface area contributed by atoms with Crippen LogP contribution < -0.4 is 10.6 Å². The van der Waals surface area contributed by atoms with Crippen molar-refractivity contribution in [1.82, 2.24) is 10.6 Å². The molecule has 0 atom stereocenters. The standard InChI is InChI=1S/C20H32N2/c1-3-7-19(8-4-1)21-15-17-11-13-18(14-12-17)16-22-20-9-5-2-6-10-20/h11-14,19-22H,1-10,15-16H2. The van der Waals surface area contributed by atoms with Crippen LogP contribution in [-0.4, -0.2) is 12.1 Å². The summed E-state index contributed by atoms with van der Waals surface area (Å²) in [7, 11) is 0. The molecular weight excluding hydrogens is 268 g/mol. The summed E-state index contributed by atoms with van der Waals surface area (Å²) in [5, 5.41) is 7.45. The van der Waals surface area contributed by atoms with E-state index in [4.69, 9.17) is 0 Å². The van der Waals surface area contributed by atoms with Gasteiger partial charge in [0.1, 0.15) is 0 Å². The van der Waals surface area contributed by atoms with Gasteiger partial charge in [0.2, 0.25) is 0 Å². The van der Waals surface area contributed by atoms with Crippen molar-refractivity contribution in [3.05, 3.63) is 35.4 Å². The van der Waals surface area contributed by atoms with Crippen LogP contribution in [0.4, 0.5) is 0 Å². The molecule has 2 heteroatoms. The van der Waals surface area contributed by atoms with Crippen LogP contribution in [0, 0.1) is 0 Å². The minimum atomic E-state index is 0.751. The minimum absolute atomic E-state index is 0.751. The van der Waals surface area contributed by atoms with Gasteiger partial charge in [-0.3, -0.25) is 0 Å². The predicted molar refractivity (Wildman–Crippen MR) is 93.9 cm³/mol. The van der Waals surface area contributed by atoms with Gasteiger partial charge in [0.15, 0.2) is 0 Å². The van der Waals surface area contributed by atoms with Gasteiger partial charge in [-0.25, -0.2) is 0 Å². The molecule has 0 aromatic heterocycles. The lowest BCUT2D eigenvalue weighted by Crippen LogP contribution is -2.30. The van der Waals surface area contributed by atoms with Gasteiger partial charge in [0.25, 0.3) is 0 Å². The zero-order chi connectivity index (χ0) is 15.0. The molecule has 3 rings (SSSR count). The van der Waals surface area contributed by atoms with Crippen LogP contribution in [0.15, 0.2) is 24.3 Å². The molecule has 0 heterocycles. The summed E-state index contributed by atoms with van der Waals surface area (Å²) >= 11 is 0. The summed E-state index contributed by atoms with van der Waals surface area (Å²) in [5.74, 6) is 0. The highest BCUT2D eigenvalue weighted by molar-refractivity contribution is 5.22. The van der Waals surface area contributed by atoms with Gasteiger partial charge < -0.3 is 10.6 Å². The van der Waals surface area contributed by atoms with E-state index in [1.807, 2.05) is 0 Å². The first kappa shape index (κ1) is 16.0. The Bertz CT molecular complexity index is 373. The molecule has 0 radical (unpaired) electrons. The lowest BCUT2D eigenvalue weighted by Gasteiger charge is -2.23. The lowest BCUT2D eigenvalue weighted by molar-refractivity contribution is 0.371. The molecule has 0 amide bonds. The number of nitrogens with one attached hydrogen (secondary N) is 2. The maximum atomic E-state index is 3.73. The monoisotopic (exact) mass is 300 g/mol. The highest BCUT2D eigenvalue weighted by Gasteiger charge is 2.13. The van der Waals surface area contributed by atoms with Gasteiger partial charge in [-0.05, 0) is 36.8 Å². The predicted octanol–water partition coefficient (Wildman–Crippen LogP) is 4.53. The molecule has 22 heavy (non-hydrogen) atoms. The Labute approximate surface area is 136 Å². The van der Waals surface area contributed by atoms with Crippen LogP contribution in [-0.2, 0) is 13.1 Å². The minimum Gasteiger partial charge on any atom is -0.310 e. The topological polar surface area (TPSA) is 24.1 Å². The second-order valence-corrected chi connectivity index (χ2v) is 7.25. The van der Waals surface area contributed by atoms with Crippen molar-refractivity contribution in [1.29, 1.82) is 0 Å². The average molecular weight is 300 g/mol. The molecule has 1 aromatic rings. The Balaban J connectivity index is 1.39. The zero-order valence-electron chi connectivity index (χ0n) is 13.9. The molecule has 122 valence electrons. The first-order valence-corrected chi connectivity index (χ1v) is 9.45. The second kappa shape index (κ2) is 8.69. The van der Waals surface area contributed by atoms with E-state index in [9.17, 15) is 0 Å². The Hall–Kier alpha value is -0.860. The molecule has 2 nitrogen and oxygen atoms in total. The van der Waals surface area contributed by atoms with Crippen LogP contribution in [0.2, 0.25) is 0 Å². The van der Waals surface area contributed by atoms with Crippen molar-refractivity contribution in [2.45, 2.75) is 89.4 Å². The van der Waals surface area contributed by atoms with Crippen molar-refractivity contribution < 1.29 is 0 Å². The molecule has 0 bridgehead atoms. The average Bonchev–Trinajstić information content (AvgIpc) is 2.61. The summed E-state index contributed by atoms with van der Waals surface area (Å²) in [5.41, 5.74) is 2.85. The van der Waals surface area contributed by atoms with Crippen LogP contribution in [0.25, 0.3) is 0 Å². The van der Waals surface area contributed by atoms with E-state index in [-0.39, 0.29) is 0 Å². The lowest BCUT2D eigenvalue weighted by atomic mass is 9.95. The molecule has 0 unspecified atom stereocenters. The molecule has 2 saturated carbocycles. The third-order valence-corrected chi connectivity index (χ3v) is 5.42. The fourth-order valence-electron chi connectivity index (χ4n) is 3.91. The second-order valence-electron chi connectivity index (χ2n) is 7.25. The van der Waals surface area contributed by atoms with Gasteiger partial charge in [-0.1, -0.05) is 62.8 Å². The van der Waals surface area contributed by atoms with Crippen molar-refractivity contribution in [3.8, 4) is 0 Å². The fraction of sp³-hybridized carbons (Fsp3) is 0.700. The number of benzene rings is 1. The van der Waals surface area contributed by atoms with E-state index in [1.54, 1.807) is 0 Å². The molecular formula is C20H32N2. The summed E-state index contributed by atoms with van der Waals surface area (Å²) in [6.07, 6.45) is 13.9. The quantitative estimate of drug-likeness (QED) is 0.806. The third kappa shape index (κ3) is 5.10. The largest absolute Gasteiger partial charge is 0.310 e. The molecule has 0 saturated heterocycles. The molecule has 0 aliphatic heterocycles. The normalized spacial score (nSPS) is 21.1. The highest BCUT2D eigenvalue weighted by atomic mass is 14.9. The Kier molecular flexibility index (Phi) is 6.32. The number of hydrogen-bond acceptors (Lipinski definition) is 2. The van der Waals surface area contributed by atoms with Gasteiger partial charge in [0, 0.05) is 25.2 Å². The molecule has 2 aliphatic carbocycles. The van der Waals surface area contributed by atoms with Crippen LogP contribution >= 0.6 is 0 Å². The molecule has 0 spiro atoms. The Morgan fingerprint density at radius 1 is 0.591 bits per heavy atom. The van der Waals surface area contributed by atoms with Crippen molar-refractivity contribution in [3.63, 3.8) is 0 Å². The third-order valence-electron chi connectivity index (χ3n) is 5.42. The van der Waals surface area contributed by atoms with E-state index < -0.39 is 0 Å². The molecule has 2 N–H and O–H groups in total. The Morgan fingerprint density at radius 2 is 0.955 bits per heavy atom. The molecule has 2 fully saturated rings. The van der Waals surface area contributed by atoms with Gasteiger partial charge in [0.05, 0.1) is 0 Å². The summed E-state index contributed by atoms with van der Waals surface area (Å²) in [4.78, 5) is 0. The van der Waals surface area contributed by atoms with E-state index >= 15 is 0 Å². The fourth-order valence-corrected chi connectivity index (χ4v) is 3.91. The van der Waals surface area contributed by atoms with Crippen LogP contribution in [0.5, 0.6) is 0 Å². The molecule has 1 aromatic carbocycles. The maximum absolute atomic E-state index is 3.73. The van der Waals surface area contributed by atoms with E-state index in [0.717, 1.165) is 25.2 Å². The number of rotatable bonds is 6. The maximum Gasteiger partial charge on any atom is 0.0208 e. The van der Waals surface area contributed by atoms with E-state index in [0.29, 0.717) is 0 Å². The van der Waals surface area contributed by atoms with Gasteiger partial charge in [-0.2, -0.15) is 0 Å². The van der Waals surface area contributed by atoms with Crippen LogP contribution in [0.1, 0.15) is 75.3 Å². The van der Waals surface area contributed by atoms with Crippen molar-refractivity contribution >= 4 is 0 Å². The van der Waals surface area contributed by atoms with Crippen molar-refractivity contribution in [2.75, 3.05) is 0 Å². The zero-order valence-corrected chi connectivity index (χ0v) is 13.9. The highest BCUT2D eigenvalue weighted by Crippen LogP contribution is 2.19. The Morgan fingerprint density at radius 3 is 1.32 bits per heavy atom. The number of hydrogen-bond donors (Lipinski definition) is 2. The summed E-state index contributed by atoms with van der Waals surface area (Å²) in [6, 6.07) is 10.7. The smallest absolute Gasteiger partial charge is 0.0208 e. The summed E-state index contributed by atoms with van der Waals surface area (Å²) in [6.45, 7) is 2.06. The summed E-state index contributed by atoms with van der Waals surface area (Å²) < 4.78 is 0. The first-order valence-electron chi connectivity index (χ1n) is 9.45. The van der Waals surface area contributed by atoms with Crippen molar-refractivity contribution in [2.24, 2.45) is 0 Å². The SMILES string of the molecule is c1cc(CNC2CCCCC2)ccc1CNC1CCCCC1. The van der Waals surface area contributed by atoms with Gasteiger partial charge in [-0.15, -0.1) is 0 Å². The molecule has 2 aliphatic rings.